The molecule has 1 spiro atoms. The van der Waals surface area contributed by atoms with E-state index < -0.39 is 0 Å². The predicted molar refractivity (Wildman–Crippen MR) is 91.0 cm³/mol. The number of rotatable bonds is 4. The summed E-state index contributed by atoms with van der Waals surface area (Å²) in [5.41, 5.74) is 1.84. The fraction of sp³-hybridized carbons (Fsp3) is 0.474. The molecule has 0 radical (unpaired) electrons. The van der Waals surface area contributed by atoms with Crippen LogP contribution in [0.25, 0.3) is 11.3 Å². The highest BCUT2D eigenvalue weighted by Crippen LogP contribution is 2.38. The number of piperidine rings is 1. The molecule has 2 fully saturated rings. The maximum Gasteiger partial charge on any atom is 0.222 e. The second kappa shape index (κ2) is 6.52. The summed E-state index contributed by atoms with van der Waals surface area (Å²) in [5, 5.41) is 4.15. The summed E-state index contributed by atoms with van der Waals surface area (Å²) in [7, 11) is 1.64. The van der Waals surface area contributed by atoms with Crippen LogP contribution in [0.3, 0.4) is 0 Å². The minimum Gasteiger partial charge on any atom is -0.497 e. The largest absolute Gasteiger partial charge is 0.497 e. The van der Waals surface area contributed by atoms with Crippen molar-refractivity contribution >= 4 is 5.91 Å². The molecule has 1 aromatic heterocycles. The van der Waals surface area contributed by atoms with Gasteiger partial charge in [-0.3, -0.25) is 4.79 Å². The van der Waals surface area contributed by atoms with E-state index >= 15 is 0 Å². The number of hydrogen-bond donors (Lipinski definition) is 0. The molecule has 6 heteroatoms. The molecule has 0 unspecified atom stereocenters. The Kier molecular flexibility index (Phi) is 4.21. The quantitative estimate of drug-likeness (QED) is 0.855. The fourth-order valence-corrected chi connectivity index (χ4v) is 3.69. The molecule has 1 atom stereocenters. The predicted octanol–water partition coefficient (Wildman–Crippen LogP) is 2.88. The molecule has 2 aliphatic heterocycles. The molecule has 4 rings (SSSR count). The summed E-state index contributed by atoms with van der Waals surface area (Å²) < 4.78 is 16.2. The van der Waals surface area contributed by atoms with Crippen LogP contribution in [0.15, 0.2) is 34.9 Å². The highest BCUT2D eigenvalue weighted by atomic mass is 16.5. The molecule has 25 heavy (non-hydrogen) atoms. The van der Waals surface area contributed by atoms with Crippen molar-refractivity contribution in [3.05, 3.63) is 36.0 Å². The molecule has 0 aliphatic carbocycles. The van der Waals surface area contributed by atoms with Crippen molar-refractivity contribution < 1.29 is 18.8 Å². The molecule has 0 saturated carbocycles. The second-order valence-electron chi connectivity index (χ2n) is 6.96. The van der Waals surface area contributed by atoms with Crippen LogP contribution in [0.5, 0.6) is 5.75 Å². The van der Waals surface area contributed by atoms with Gasteiger partial charge in [0.2, 0.25) is 5.91 Å². The Morgan fingerprint density at radius 3 is 2.84 bits per heavy atom. The number of methoxy groups -OCH3 is 1. The van der Waals surface area contributed by atoms with Crippen molar-refractivity contribution in [2.45, 2.75) is 25.8 Å². The first-order valence-corrected chi connectivity index (χ1v) is 8.63. The lowest BCUT2D eigenvalue weighted by Gasteiger charge is -2.38. The van der Waals surface area contributed by atoms with Gasteiger partial charge in [0.15, 0.2) is 5.76 Å². The average molecular weight is 342 g/mol. The van der Waals surface area contributed by atoms with Crippen molar-refractivity contribution in [3.8, 4) is 17.1 Å². The number of likely N-dealkylation sites (tertiary alicyclic amines) is 1. The Morgan fingerprint density at radius 2 is 2.12 bits per heavy atom. The van der Waals surface area contributed by atoms with Gasteiger partial charge in [-0.25, -0.2) is 0 Å². The topological polar surface area (TPSA) is 64.8 Å². The van der Waals surface area contributed by atoms with Crippen LogP contribution >= 0.6 is 0 Å². The van der Waals surface area contributed by atoms with Gasteiger partial charge in [-0.2, -0.15) is 0 Å². The Hall–Kier alpha value is -2.34. The van der Waals surface area contributed by atoms with Crippen molar-refractivity contribution in [1.82, 2.24) is 10.1 Å². The molecule has 132 valence electrons. The van der Waals surface area contributed by atoms with E-state index in [4.69, 9.17) is 14.0 Å². The zero-order valence-electron chi connectivity index (χ0n) is 14.4. The van der Waals surface area contributed by atoms with Gasteiger partial charge in [-0.1, -0.05) is 5.16 Å². The summed E-state index contributed by atoms with van der Waals surface area (Å²) >= 11 is 0. The molecule has 2 aromatic rings. The first-order valence-electron chi connectivity index (χ1n) is 8.63. The molecule has 6 nitrogen and oxygen atoms in total. The van der Waals surface area contributed by atoms with E-state index in [0.717, 1.165) is 49.6 Å². The molecule has 3 heterocycles. The van der Waals surface area contributed by atoms with E-state index in [0.29, 0.717) is 18.7 Å². The van der Waals surface area contributed by atoms with E-state index in [1.165, 1.54) is 0 Å². The lowest BCUT2D eigenvalue weighted by molar-refractivity contribution is -0.138. The highest BCUT2D eigenvalue weighted by molar-refractivity contribution is 5.77. The van der Waals surface area contributed by atoms with Gasteiger partial charge < -0.3 is 18.9 Å². The van der Waals surface area contributed by atoms with Crippen molar-refractivity contribution in [2.24, 2.45) is 5.41 Å². The first kappa shape index (κ1) is 16.1. The number of nitrogens with zero attached hydrogens (tertiary/aromatic N) is 2. The smallest absolute Gasteiger partial charge is 0.222 e. The molecule has 0 N–H and O–H groups in total. The Bertz CT molecular complexity index is 747. The third kappa shape index (κ3) is 3.26. The monoisotopic (exact) mass is 342 g/mol. The van der Waals surface area contributed by atoms with Gasteiger partial charge >= 0.3 is 0 Å². The normalized spacial score (nSPS) is 23.4. The number of aromatic nitrogens is 1. The van der Waals surface area contributed by atoms with Crippen LogP contribution in [-0.2, 0) is 16.1 Å². The van der Waals surface area contributed by atoms with Crippen molar-refractivity contribution in [2.75, 3.05) is 26.9 Å². The molecular formula is C19H22N2O4. The van der Waals surface area contributed by atoms with Gasteiger partial charge in [0, 0.05) is 36.6 Å². The van der Waals surface area contributed by atoms with Gasteiger partial charge in [0.1, 0.15) is 11.4 Å². The minimum absolute atomic E-state index is 0.135. The Balaban J connectivity index is 1.47. The van der Waals surface area contributed by atoms with Crippen LogP contribution in [0.4, 0.5) is 0 Å². The number of amides is 1. The number of carbonyl (C=O) groups excluding carboxylic acids is 1. The molecule has 0 bridgehead atoms. The van der Waals surface area contributed by atoms with E-state index in [2.05, 4.69) is 5.16 Å². The number of hydrogen-bond acceptors (Lipinski definition) is 5. The first-order chi connectivity index (χ1) is 12.2. The van der Waals surface area contributed by atoms with Crippen molar-refractivity contribution in [3.63, 3.8) is 0 Å². The number of ether oxygens (including phenoxy) is 2. The third-order valence-electron chi connectivity index (χ3n) is 5.22. The Morgan fingerprint density at radius 1 is 1.28 bits per heavy atom. The average Bonchev–Trinajstić information content (AvgIpc) is 3.29. The van der Waals surface area contributed by atoms with Crippen molar-refractivity contribution in [1.29, 1.82) is 0 Å². The van der Waals surface area contributed by atoms with E-state index in [1.807, 2.05) is 35.2 Å². The maximum atomic E-state index is 12.3. The maximum absolute atomic E-state index is 12.3. The molecular weight excluding hydrogens is 320 g/mol. The van der Waals surface area contributed by atoms with E-state index in [9.17, 15) is 4.79 Å². The van der Waals surface area contributed by atoms with Gasteiger partial charge in [0.25, 0.3) is 0 Å². The van der Waals surface area contributed by atoms with Crippen LogP contribution in [0.1, 0.15) is 25.0 Å². The zero-order valence-corrected chi connectivity index (χ0v) is 14.4. The third-order valence-corrected chi connectivity index (χ3v) is 5.22. The summed E-state index contributed by atoms with van der Waals surface area (Å²) in [6, 6.07) is 9.53. The highest BCUT2D eigenvalue weighted by Gasteiger charge is 2.41. The minimum atomic E-state index is 0.135. The summed E-state index contributed by atoms with van der Waals surface area (Å²) in [6.45, 7) is 2.79. The van der Waals surface area contributed by atoms with E-state index in [-0.39, 0.29) is 11.3 Å². The standard InChI is InChI=1S/C19H22N2O4/c1-23-16-4-2-14(3-5-16)17-10-15(20-25-17)11-21-12-19(7-6-18(21)22)8-9-24-13-19/h2-5,10H,6-9,11-13H2,1H3/t19-/m1/s1. The van der Waals surface area contributed by atoms with Gasteiger partial charge in [-0.05, 0) is 37.1 Å². The van der Waals surface area contributed by atoms with Crippen LogP contribution < -0.4 is 4.74 Å². The van der Waals surface area contributed by atoms with Crippen LogP contribution in [0.2, 0.25) is 0 Å². The van der Waals surface area contributed by atoms with Crippen LogP contribution in [0, 0.1) is 5.41 Å². The second-order valence-corrected chi connectivity index (χ2v) is 6.96. The van der Waals surface area contributed by atoms with Gasteiger partial charge in [0.05, 0.1) is 20.3 Å². The fourth-order valence-electron chi connectivity index (χ4n) is 3.69. The number of carbonyl (C=O) groups is 1. The molecule has 2 saturated heterocycles. The summed E-state index contributed by atoms with van der Waals surface area (Å²) in [5.74, 6) is 1.68. The molecule has 1 amide bonds. The van der Waals surface area contributed by atoms with E-state index in [1.54, 1.807) is 7.11 Å². The lowest BCUT2D eigenvalue weighted by atomic mass is 9.79. The summed E-state index contributed by atoms with van der Waals surface area (Å²) in [6.07, 6.45) is 2.55. The lowest BCUT2D eigenvalue weighted by Crippen LogP contribution is -2.46. The zero-order chi connectivity index (χ0) is 17.3. The molecule has 1 aromatic carbocycles. The number of benzene rings is 1. The summed E-state index contributed by atoms with van der Waals surface area (Å²) in [4.78, 5) is 14.2. The van der Waals surface area contributed by atoms with Crippen LogP contribution in [-0.4, -0.2) is 42.8 Å². The molecule has 2 aliphatic rings. The SMILES string of the molecule is COc1ccc(-c2cc(CN3C[C@]4(CCOC4)CCC3=O)no2)cc1. The van der Waals surface area contributed by atoms with Gasteiger partial charge in [-0.15, -0.1) is 0 Å². The Labute approximate surface area is 146 Å².